The number of nitrogens with zero attached hydrogens (tertiary/aromatic N) is 2. The zero-order valence-electron chi connectivity index (χ0n) is 14.4. The number of methoxy groups -OCH3 is 1. The molecule has 0 unspecified atom stereocenters. The van der Waals surface area contributed by atoms with Crippen molar-refractivity contribution in [2.75, 3.05) is 31.3 Å². The van der Waals surface area contributed by atoms with Crippen LogP contribution < -0.4 is 10.6 Å². The molecule has 3 rings (SSSR count). The molecule has 1 aliphatic rings. The third-order valence-electron chi connectivity index (χ3n) is 3.93. The van der Waals surface area contributed by atoms with E-state index in [1.807, 2.05) is 7.05 Å². The maximum atomic E-state index is 12.2. The number of likely N-dealkylation sites (N-methyl/N-ethyl adjacent to an activating group) is 1. The number of amides is 2. The highest BCUT2D eigenvalue weighted by molar-refractivity contribution is 7.16. The van der Waals surface area contributed by atoms with Gasteiger partial charge in [0.15, 0.2) is 5.13 Å². The Bertz CT molecular complexity index is 864. The molecule has 2 heterocycles. The molecule has 2 N–H and O–H groups in total. The van der Waals surface area contributed by atoms with Crippen molar-refractivity contribution in [3.8, 4) is 0 Å². The van der Waals surface area contributed by atoms with E-state index in [0.29, 0.717) is 5.13 Å². The van der Waals surface area contributed by atoms with Gasteiger partial charge >= 0.3 is 17.8 Å². The summed E-state index contributed by atoms with van der Waals surface area (Å²) in [4.78, 5) is 43.7. The van der Waals surface area contributed by atoms with Gasteiger partial charge in [-0.05, 0) is 19.2 Å². The van der Waals surface area contributed by atoms with Gasteiger partial charge in [0.25, 0.3) is 0 Å². The van der Waals surface area contributed by atoms with Crippen molar-refractivity contribution in [2.45, 2.75) is 13.0 Å². The number of aromatic nitrogens is 1. The number of hydrogen-bond donors (Lipinski definition) is 2. The number of rotatable bonds is 3. The van der Waals surface area contributed by atoms with Crippen molar-refractivity contribution in [1.29, 1.82) is 0 Å². The molecule has 9 heteroatoms. The molecule has 0 saturated carbocycles. The summed E-state index contributed by atoms with van der Waals surface area (Å²) in [5.74, 6) is -2.33. The number of thiazole rings is 1. The molecule has 2 aromatic rings. The number of benzene rings is 1. The fourth-order valence-electron chi connectivity index (χ4n) is 2.59. The van der Waals surface area contributed by atoms with E-state index in [1.165, 1.54) is 30.6 Å². The Morgan fingerprint density at radius 3 is 2.69 bits per heavy atom. The second kappa shape index (κ2) is 7.63. The van der Waals surface area contributed by atoms with Gasteiger partial charge in [-0.1, -0.05) is 12.1 Å². The van der Waals surface area contributed by atoms with E-state index >= 15 is 0 Å². The van der Waals surface area contributed by atoms with Gasteiger partial charge in [0, 0.05) is 24.4 Å². The highest BCUT2D eigenvalue weighted by Crippen LogP contribution is 2.27. The summed E-state index contributed by atoms with van der Waals surface area (Å²) in [6.07, 6.45) is 0.816. The lowest BCUT2D eigenvalue weighted by Crippen LogP contribution is -2.29. The standard InChI is InChI=1S/C17H18N4O4S/c1-21-8-7-12-13(9-21)26-17(19-12)20-15(23)14(22)18-11-6-4-3-5-10(11)16(24)25-2/h3-6H,7-9H2,1-2H3,(H,18,22)(H,19,20,23). The number of carbonyl (C=O) groups excluding carboxylic acids is 3. The molecule has 0 atom stereocenters. The van der Waals surface area contributed by atoms with Gasteiger partial charge in [-0.15, -0.1) is 11.3 Å². The predicted octanol–water partition coefficient (Wildman–Crippen LogP) is 1.49. The molecule has 1 aromatic carbocycles. The van der Waals surface area contributed by atoms with Gasteiger partial charge in [0.1, 0.15) is 0 Å². The monoisotopic (exact) mass is 374 g/mol. The van der Waals surface area contributed by atoms with Crippen LogP contribution in [0.3, 0.4) is 0 Å². The minimum atomic E-state index is -0.883. The normalized spacial score (nSPS) is 13.6. The minimum absolute atomic E-state index is 0.170. The number of para-hydroxylation sites is 1. The largest absolute Gasteiger partial charge is 0.465 e. The molecule has 0 spiro atoms. The number of fused-ring (bicyclic) bond motifs is 1. The Labute approximate surface area is 154 Å². The van der Waals surface area contributed by atoms with Crippen LogP contribution in [0.15, 0.2) is 24.3 Å². The number of ether oxygens (including phenoxy) is 1. The molecule has 26 heavy (non-hydrogen) atoms. The van der Waals surface area contributed by atoms with Crippen LogP contribution in [-0.4, -0.2) is 48.4 Å². The van der Waals surface area contributed by atoms with E-state index in [2.05, 4.69) is 25.3 Å². The summed E-state index contributed by atoms with van der Waals surface area (Å²) >= 11 is 1.36. The Morgan fingerprint density at radius 2 is 1.92 bits per heavy atom. The number of nitrogens with one attached hydrogen (secondary N) is 2. The van der Waals surface area contributed by atoms with E-state index in [9.17, 15) is 14.4 Å². The smallest absolute Gasteiger partial charge is 0.339 e. The second-order valence-corrected chi connectivity index (χ2v) is 6.91. The lowest BCUT2D eigenvalue weighted by Gasteiger charge is -2.20. The van der Waals surface area contributed by atoms with Gasteiger partial charge in [0.2, 0.25) is 0 Å². The maximum absolute atomic E-state index is 12.2. The molecule has 2 amide bonds. The summed E-state index contributed by atoms with van der Waals surface area (Å²) in [6.45, 7) is 1.69. The molecule has 1 aliphatic heterocycles. The zero-order chi connectivity index (χ0) is 18.7. The number of anilines is 2. The van der Waals surface area contributed by atoms with Gasteiger partial charge in [-0.3, -0.25) is 14.9 Å². The van der Waals surface area contributed by atoms with E-state index < -0.39 is 17.8 Å². The number of carbonyl (C=O) groups is 3. The first-order valence-electron chi connectivity index (χ1n) is 7.94. The average Bonchev–Trinajstić information content (AvgIpc) is 3.02. The third kappa shape index (κ3) is 3.89. The zero-order valence-corrected chi connectivity index (χ0v) is 15.2. The Kier molecular flexibility index (Phi) is 5.29. The Hall–Kier alpha value is -2.78. The highest BCUT2D eigenvalue weighted by atomic mass is 32.1. The number of hydrogen-bond acceptors (Lipinski definition) is 7. The number of esters is 1. The average molecular weight is 374 g/mol. The highest BCUT2D eigenvalue weighted by Gasteiger charge is 2.22. The van der Waals surface area contributed by atoms with Crippen LogP contribution in [0.4, 0.5) is 10.8 Å². The van der Waals surface area contributed by atoms with E-state index in [-0.39, 0.29) is 11.3 Å². The fraction of sp³-hybridized carbons (Fsp3) is 0.294. The van der Waals surface area contributed by atoms with Crippen LogP contribution >= 0.6 is 11.3 Å². The van der Waals surface area contributed by atoms with Crippen LogP contribution in [-0.2, 0) is 27.3 Å². The summed E-state index contributed by atoms with van der Waals surface area (Å²) < 4.78 is 4.67. The van der Waals surface area contributed by atoms with Gasteiger partial charge in [0.05, 0.1) is 24.1 Å². The minimum Gasteiger partial charge on any atom is -0.465 e. The molecule has 0 saturated heterocycles. The molecule has 1 aromatic heterocycles. The first-order chi connectivity index (χ1) is 12.5. The van der Waals surface area contributed by atoms with Crippen LogP contribution in [0.5, 0.6) is 0 Å². The van der Waals surface area contributed by atoms with Gasteiger partial charge in [-0.25, -0.2) is 9.78 Å². The van der Waals surface area contributed by atoms with Crippen LogP contribution in [0.25, 0.3) is 0 Å². The van der Waals surface area contributed by atoms with Crippen molar-refractivity contribution in [1.82, 2.24) is 9.88 Å². The summed E-state index contributed by atoms with van der Waals surface area (Å²) in [7, 11) is 3.27. The summed E-state index contributed by atoms with van der Waals surface area (Å²) in [5, 5.41) is 5.34. The summed E-state index contributed by atoms with van der Waals surface area (Å²) in [6, 6.07) is 6.31. The van der Waals surface area contributed by atoms with Crippen LogP contribution in [0.1, 0.15) is 20.9 Å². The Morgan fingerprint density at radius 1 is 1.19 bits per heavy atom. The topological polar surface area (TPSA) is 101 Å². The fourth-order valence-corrected chi connectivity index (χ4v) is 3.67. The maximum Gasteiger partial charge on any atom is 0.339 e. The van der Waals surface area contributed by atoms with E-state index in [4.69, 9.17) is 0 Å². The molecule has 0 fully saturated rings. The molecule has 8 nitrogen and oxygen atoms in total. The molecular weight excluding hydrogens is 356 g/mol. The van der Waals surface area contributed by atoms with Crippen LogP contribution in [0, 0.1) is 0 Å². The van der Waals surface area contributed by atoms with Crippen molar-refractivity contribution in [3.63, 3.8) is 0 Å². The van der Waals surface area contributed by atoms with Gasteiger partial charge < -0.3 is 15.0 Å². The van der Waals surface area contributed by atoms with Crippen LogP contribution in [0.2, 0.25) is 0 Å². The van der Waals surface area contributed by atoms with Crippen molar-refractivity contribution in [2.24, 2.45) is 0 Å². The van der Waals surface area contributed by atoms with Crippen molar-refractivity contribution in [3.05, 3.63) is 40.4 Å². The molecule has 136 valence electrons. The lowest BCUT2D eigenvalue weighted by atomic mass is 10.2. The molecule has 0 aliphatic carbocycles. The first kappa shape index (κ1) is 18.0. The van der Waals surface area contributed by atoms with E-state index in [0.717, 1.165) is 30.1 Å². The Balaban J connectivity index is 1.68. The predicted molar refractivity (Wildman–Crippen MR) is 97.2 cm³/mol. The van der Waals surface area contributed by atoms with Gasteiger partial charge in [-0.2, -0.15) is 0 Å². The third-order valence-corrected chi connectivity index (χ3v) is 4.93. The van der Waals surface area contributed by atoms with Crippen molar-refractivity contribution < 1.29 is 19.1 Å². The molecular formula is C17H18N4O4S. The lowest BCUT2D eigenvalue weighted by molar-refractivity contribution is -0.133. The SMILES string of the molecule is COC(=O)c1ccccc1NC(=O)C(=O)Nc1nc2c(s1)CN(C)CC2. The first-order valence-corrected chi connectivity index (χ1v) is 8.76. The van der Waals surface area contributed by atoms with Crippen molar-refractivity contribution >= 4 is 39.9 Å². The quantitative estimate of drug-likeness (QED) is 0.624. The molecule has 0 bridgehead atoms. The second-order valence-electron chi connectivity index (χ2n) is 5.82. The van der Waals surface area contributed by atoms with E-state index in [1.54, 1.807) is 12.1 Å². The molecule has 0 radical (unpaired) electrons. The summed E-state index contributed by atoms with van der Waals surface area (Å²) in [5.41, 5.74) is 1.34.